The van der Waals surface area contributed by atoms with Crippen LogP contribution in [0.2, 0.25) is 0 Å². The van der Waals surface area contributed by atoms with Gasteiger partial charge in [-0.2, -0.15) is 0 Å². The molecule has 2 rings (SSSR count). The summed E-state index contributed by atoms with van der Waals surface area (Å²) in [4.78, 5) is 10.3. The minimum atomic E-state index is -1.38. The SMILES string of the molecule is O=C(O)Oc1ccc(Br)c2c1OCO2. The van der Waals surface area contributed by atoms with Gasteiger partial charge in [-0.05, 0) is 28.1 Å². The lowest BCUT2D eigenvalue weighted by Gasteiger charge is -2.04. The molecule has 0 saturated heterocycles. The van der Waals surface area contributed by atoms with Crippen LogP contribution in [0.25, 0.3) is 0 Å². The number of benzene rings is 1. The quantitative estimate of drug-likeness (QED) is 0.620. The molecule has 0 aromatic heterocycles. The van der Waals surface area contributed by atoms with E-state index in [4.69, 9.17) is 14.6 Å². The third-order valence-electron chi connectivity index (χ3n) is 1.63. The molecular weight excluding hydrogens is 256 g/mol. The molecule has 0 atom stereocenters. The molecule has 0 unspecified atom stereocenters. The third-order valence-corrected chi connectivity index (χ3v) is 2.26. The first kappa shape index (κ1) is 9.14. The Morgan fingerprint density at radius 3 is 2.86 bits per heavy atom. The Balaban J connectivity index is 2.43. The van der Waals surface area contributed by atoms with Crippen LogP contribution in [0, 0.1) is 0 Å². The largest absolute Gasteiger partial charge is 0.511 e. The van der Waals surface area contributed by atoms with Crippen molar-refractivity contribution in [3.05, 3.63) is 16.6 Å². The molecule has 0 spiro atoms. The average molecular weight is 261 g/mol. The van der Waals surface area contributed by atoms with Crippen molar-refractivity contribution in [2.75, 3.05) is 6.79 Å². The molecule has 1 aliphatic rings. The van der Waals surface area contributed by atoms with Crippen LogP contribution >= 0.6 is 15.9 Å². The highest BCUT2D eigenvalue weighted by Gasteiger charge is 2.23. The first-order chi connectivity index (χ1) is 6.68. The number of carbonyl (C=O) groups is 1. The number of rotatable bonds is 1. The van der Waals surface area contributed by atoms with Gasteiger partial charge in [0.1, 0.15) is 0 Å². The van der Waals surface area contributed by atoms with Crippen LogP contribution in [0.15, 0.2) is 16.6 Å². The molecule has 1 N–H and O–H groups in total. The monoisotopic (exact) mass is 260 g/mol. The van der Waals surface area contributed by atoms with Crippen LogP contribution in [0.4, 0.5) is 4.79 Å². The Labute approximate surface area is 87.3 Å². The van der Waals surface area contributed by atoms with Gasteiger partial charge in [0.25, 0.3) is 0 Å². The van der Waals surface area contributed by atoms with E-state index in [0.29, 0.717) is 16.0 Å². The van der Waals surface area contributed by atoms with Crippen LogP contribution in [0.5, 0.6) is 17.2 Å². The smallest absolute Gasteiger partial charge is 0.452 e. The second-order valence-corrected chi connectivity index (χ2v) is 3.33. The topological polar surface area (TPSA) is 65.0 Å². The van der Waals surface area contributed by atoms with Gasteiger partial charge in [-0.1, -0.05) is 0 Å². The second kappa shape index (κ2) is 3.38. The second-order valence-electron chi connectivity index (χ2n) is 2.48. The number of halogens is 1. The first-order valence-electron chi connectivity index (χ1n) is 3.67. The van der Waals surface area contributed by atoms with Gasteiger partial charge in [-0.3, -0.25) is 0 Å². The summed E-state index contributed by atoms with van der Waals surface area (Å²) in [5.41, 5.74) is 0. The Kier molecular flexibility index (Phi) is 2.20. The summed E-state index contributed by atoms with van der Waals surface area (Å²) in [6.45, 7) is 0.0634. The summed E-state index contributed by atoms with van der Waals surface area (Å²) in [5.74, 6) is 0.902. The summed E-state index contributed by atoms with van der Waals surface area (Å²) in [5, 5.41) is 8.44. The van der Waals surface area contributed by atoms with E-state index in [9.17, 15) is 4.79 Å². The Morgan fingerprint density at radius 1 is 1.43 bits per heavy atom. The molecule has 5 nitrogen and oxygen atoms in total. The molecule has 0 radical (unpaired) electrons. The Morgan fingerprint density at radius 2 is 2.14 bits per heavy atom. The van der Waals surface area contributed by atoms with Crippen molar-refractivity contribution in [1.29, 1.82) is 0 Å². The minimum Gasteiger partial charge on any atom is -0.452 e. The lowest BCUT2D eigenvalue weighted by molar-refractivity contribution is 0.139. The Bertz CT molecular complexity index is 390. The summed E-state index contributed by atoms with van der Waals surface area (Å²) >= 11 is 3.24. The van der Waals surface area contributed by atoms with E-state index in [1.807, 2.05) is 0 Å². The van der Waals surface area contributed by atoms with E-state index < -0.39 is 6.16 Å². The maximum Gasteiger partial charge on any atom is 0.511 e. The molecule has 0 bridgehead atoms. The van der Waals surface area contributed by atoms with Gasteiger partial charge in [-0.25, -0.2) is 4.79 Å². The fourth-order valence-corrected chi connectivity index (χ4v) is 1.54. The maximum atomic E-state index is 10.3. The number of hydrogen-bond donors (Lipinski definition) is 1. The number of carboxylic acid groups (broad SMARTS) is 1. The maximum absolute atomic E-state index is 10.3. The predicted molar refractivity (Wildman–Crippen MR) is 48.9 cm³/mol. The van der Waals surface area contributed by atoms with Gasteiger partial charge in [0.2, 0.25) is 12.5 Å². The fraction of sp³-hybridized carbons (Fsp3) is 0.125. The normalized spacial score (nSPS) is 12.6. The van der Waals surface area contributed by atoms with Gasteiger partial charge < -0.3 is 19.3 Å². The van der Waals surface area contributed by atoms with E-state index in [1.54, 1.807) is 6.07 Å². The molecule has 0 saturated carbocycles. The molecule has 74 valence electrons. The zero-order valence-corrected chi connectivity index (χ0v) is 8.41. The highest BCUT2D eigenvalue weighted by Crippen LogP contribution is 2.45. The fourth-order valence-electron chi connectivity index (χ4n) is 1.11. The van der Waals surface area contributed by atoms with Crippen molar-refractivity contribution in [2.24, 2.45) is 0 Å². The highest BCUT2D eigenvalue weighted by atomic mass is 79.9. The van der Waals surface area contributed by atoms with Crippen LogP contribution in [-0.4, -0.2) is 18.1 Å². The molecule has 0 aliphatic carbocycles. The molecule has 0 fully saturated rings. The van der Waals surface area contributed by atoms with E-state index in [2.05, 4.69) is 20.7 Å². The predicted octanol–water partition coefficient (Wildman–Crippen LogP) is 2.23. The van der Waals surface area contributed by atoms with Crippen LogP contribution in [-0.2, 0) is 0 Å². The van der Waals surface area contributed by atoms with Crippen LogP contribution in [0.3, 0.4) is 0 Å². The average Bonchev–Trinajstić information content (AvgIpc) is 2.58. The van der Waals surface area contributed by atoms with Crippen LogP contribution < -0.4 is 14.2 Å². The molecule has 14 heavy (non-hydrogen) atoms. The van der Waals surface area contributed by atoms with Gasteiger partial charge in [0.05, 0.1) is 4.47 Å². The number of fused-ring (bicyclic) bond motifs is 1. The molecule has 1 aliphatic heterocycles. The standard InChI is InChI=1S/C8H5BrO5/c9-4-1-2-5(14-8(10)11)7-6(4)12-3-13-7/h1-2H,3H2,(H,10,11). The Hall–Kier alpha value is -1.43. The minimum absolute atomic E-state index is 0.0634. The summed E-state index contributed by atoms with van der Waals surface area (Å²) in [6.07, 6.45) is -1.38. The lowest BCUT2D eigenvalue weighted by Crippen LogP contribution is -2.03. The van der Waals surface area contributed by atoms with Crippen molar-refractivity contribution in [1.82, 2.24) is 0 Å². The number of hydrogen-bond acceptors (Lipinski definition) is 4. The van der Waals surface area contributed by atoms with Crippen molar-refractivity contribution >= 4 is 22.1 Å². The molecule has 1 heterocycles. The zero-order chi connectivity index (χ0) is 10.1. The van der Waals surface area contributed by atoms with E-state index in [1.165, 1.54) is 6.07 Å². The highest BCUT2D eigenvalue weighted by molar-refractivity contribution is 9.10. The summed E-state index contributed by atoms with van der Waals surface area (Å²) < 4.78 is 15.4. The van der Waals surface area contributed by atoms with Gasteiger partial charge in [-0.15, -0.1) is 0 Å². The van der Waals surface area contributed by atoms with E-state index >= 15 is 0 Å². The van der Waals surface area contributed by atoms with Crippen molar-refractivity contribution in [2.45, 2.75) is 0 Å². The first-order valence-corrected chi connectivity index (χ1v) is 4.46. The summed E-state index contributed by atoms with van der Waals surface area (Å²) in [7, 11) is 0. The summed E-state index contributed by atoms with van der Waals surface area (Å²) in [6, 6.07) is 3.12. The van der Waals surface area contributed by atoms with Crippen molar-refractivity contribution in [3.63, 3.8) is 0 Å². The molecule has 6 heteroatoms. The molecule has 0 amide bonds. The number of ether oxygens (including phenoxy) is 3. The van der Waals surface area contributed by atoms with Gasteiger partial charge >= 0.3 is 6.16 Å². The van der Waals surface area contributed by atoms with E-state index in [-0.39, 0.29) is 12.5 Å². The van der Waals surface area contributed by atoms with Gasteiger partial charge in [0, 0.05) is 0 Å². The molecule has 1 aromatic rings. The zero-order valence-electron chi connectivity index (χ0n) is 6.82. The van der Waals surface area contributed by atoms with Crippen molar-refractivity contribution < 1.29 is 24.1 Å². The van der Waals surface area contributed by atoms with Gasteiger partial charge in [0.15, 0.2) is 11.5 Å². The molecular formula is C8H5BrO5. The van der Waals surface area contributed by atoms with Crippen molar-refractivity contribution in [3.8, 4) is 17.2 Å². The third kappa shape index (κ3) is 1.48. The van der Waals surface area contributed by atoms with Crippen LogP contribution in [0.1, 0.15) is 0 Å². The molecule has 1 aromatic carbocycles. The van der Waals surface area contributed by atoms with E-state index in [0.717, 1.165) is 0 Å². The lowest BCUT2D eigenvalue weighted by atomic mass is 10.3.